The molecule has 0 bridgehead atoms. The van der Waals surface area contributed by atoms with Gasteiger partial charge < -0.3 is 14.2 Å². The van der Waals surface area contributed by atoms with Crippen molar-refractivity contribution in [3.05, 3.63) is 88.5 Å². The predicted molar refractivity (Wildman–Crippen MR) is 141 cm³/mol. The number of carbonyl (C=O) groups excluding carboxylic acids is 1. The number of hydrogen-bond acceptors (Lipinski definition) is 4. The number of ketones is 1. The Labute approximate surface area is 202 Å². The van der Waals surface area contributed by atoms with Gasteiger partial charge in [-0.3, -0.25) is 4.79 Å². The third-order valence-electron chi connectivity index (χ3n) is 5.58. The maximum Gasteiger partial charge on any atom is 0.203 e. The zero-order valence-electron chi connectivity index (χ0n) is 20.3. The molecule has 3 aromatic rings. The molecule has 0 saturated carbocycles. The van der Waals surface area contributed by atoms with Crippen molar-refractivity contribution in [3.8, 4) is 17.2 Å². The van der Waals surface area contributed by atoms with Crippen LogP contribution in [0.2, 0.25) is 0 Å². The Kier molecular flexibility index (Phi) is 9.10. The molecule has 0 saturated heterocycles. The minimum absolute atomic E-state index is 0.215. The number of unbranched alkanes of at least 4 members (excludes halogenated alkanes) is 1. The molecular weight excluding hydrogens is 424 g/mol. The Balaban J connectivity index is 1.67. The molecule has 0 fully saturated rings. The fraction of sp³-hybridized carbons (Fsp3) is 0.233. The van der Waals surface area contributed by atoms with Crippen LogP contribution in [0, 0.1) is 0 Å². The fourth-order valence-electron chi connectivity index (χ4n) is 3.61. The molecule has 0 atom stereocenters. The van der Waals surface area contributed by atoms with Crippen molar-refractivity contribution in [3.63, 3.8) is 0 Å². The summed E-state index contributed by atoms with van der Waals surface area (Å²) in [5, 5.41) is 0. The first-order chi connectivity index (χ1) is 16.6. The summed E-state index contributed by atoms with van der Waals surface area (Å²) in [6.45, 7) is 2.10. The molecule has 4 heteroatoms. The second kappa shape index (κ2) is 12.4. The highest BCUT2D eigenvalue weighted by Crippen LogP contribution is 2.40. The van der Waals surface area contributed by atoms with Gasteiger partial charge in [-0.15, -0.1) is 0 Å². The SMILES string of the molecule is CCCCC(=O)c1ccc(/C=C/c2ccc(/C=C/c3ccc(OC)c(OC)c3OC)cc2)cc1. The molecule has 0 aliphatic rings. The molecular formula is C30H32O4. The summed E-state index contributed by atoms with van der Waals surface area (Å²) in [6.07, 6.45) is 10.7. The van der Waals surface area contributed by atoms with Crippen molar-refractivity contribution in [2.24, 2.45) is 0 Å². The van der Waals surface area contributed by atoms with Crippen LogP contribution in [0.15, 0.2) is 60.7 Å². The van der Waals surface area contributed by atoms with E-state index in [0.717, 1.165) is 40.7 Å². The van der Waals surface area contributed by atoms with Crippen LogP contribution in [0.1, 0.15) is 58.8 Å². The summed E-state index contributed by atoms with van der Waals surface area (Å²) in [4.78, 5) is 12.1. The summed E-state index contributed by atoms with van der Waals surface area (Å²) < 4.78 is 16.3. The zero-order valence-corrected chi connectivity index (χ0v) is 20.3. The van der Waals surface area contributed by atoms with Gasteiger partial charge in [0.05, 0.1) is 21.3 Å². The highest BCUT2D eigenvalue weighted by Gasteiger charge is 2.14. The summed E-state index contributed by atoms with van der Waals surface area (Å²) in [5.74, 6) is 2.05. The summed E-state index contributed by atoms with van der Waals surface area (Å²) in [6, 6.07) is 19.9. The highest BCUT2D eigenvalue weighted by atomic mass is 16.5. The van der Waals surface area contributed by atoms with E-state index >= 15 is 0 Å². The summed E-state index contributed by atoms with van der Waals surface area (Å²) in [5.41, 5.74) is 4.93. The van der Waals surface area contributed by atoms with Gasteiger partial charge in [-0.25, -0.2) is 0 Å². The highest BCUT2D eigenvalue weighted by molar-refractivity contribution is 5.96. The predicted octanol–water partition coefficient (Wildman–Crippen LogP) is 7.43. The van der Waals surface area contributed by atoms with Crippen LogP contribution in [0.5, 0.6) is 17.2 Å². The van der Waals surface area contributed by atoms with Crippen molar-refractivity contribution >= 4 is 30.1 Å². The lowest BCUT2D eigenvalue weighted by Crippen LogP contribution is -1.98. The van der Waals surface area contributed by atoms with E-state index in [2.05, 4.69) is 43.3 Å². The Morgan fingerprint density at radius 1 is 0.676 bits per heavy atom. The van der Waals surface area contributed by atoms with Gasteiger partial charge in [0.2, 0.25) is 5.75 Å². The van der Waals surface area contributed by atoms with Crippen molar-refractivity contribution in [2.45, 2.75) is 26.2 Å². The number of ether oxygens (including phenoxy) is 3. The first kappa shape index (κ1) is 24.8. The minimum atomic E-state index is 0.215. The summed E-state index contributed by atoms with van der Waals surface area (Å²) in [7, 11) is 4.82. The Bertz CT molecular complexity index is 1140. The van der Waals surface area contributed by atoms with Gasteiger partial charge in [-0.05, 0) is 35.2 Å². The number of benzene rings is 3. The molecule has 0 N–H and O–H groups in total. The molecule has 0 aromatic heterocycles. The van der Waals surface area contributed by atoms with Crippen molar-refractivity contribution in [1.29, 1.82) is 0 Å². The van der Waals surface area contributed by atoms with Gasteiger partial charge in [-0.2, -0.15) is 0 Å². The lowest BCUT2D eigenvalue weighted by molar-refractivity contribution is 0.0980. The van der Waals surface area contributed by atoms with Crippen molar-refractivity contribution in [2.75, 3.05) is 21.3 Å². The molecule has 0 spiro atoms. The lowest BCUT2D eigenvalue weighted by Gasteiger charge is -2.14. The molecule has 4 nitrogen and oxygen atoms in total. The molecule has 34 heavy (non-hydrogen) atoms. The van der Waals surface area contributed by atoms with Gasteiger partial charge >= 0.3 is 0 Å². The van der Waals surface area contributed by atoms with E-state index in [4.69, 9.17) is 14.2 Å². The van der Waals surface area contributed by atoms with Crippen LogP contribution >= 0.6 is 0 Å². The van der Waals surface area contributed by atoms with E-state index in [1.54, 1.807) is 21.3 Å². The van der Waals surface area contributed by atoms with E-state index in [0.29, 0.717) is 23.7 Å². The van der Waals surface area contributed by atoms with Crippen molar-refractivity contribution < 1.29 is 19.0 Å². The van der Waals surface area contributed by atoms with Crippen LogP contribution in [0.3, 0.4) is 0 Å². The maximum absolute atomic E-state index is 12.1. The second-order valence-electron chi connectivity index (χ2n) is 7.91. The normalized spacial score (nSPS) is 11.2. The van der Waals surface area contributed by atoms with E-state index < -0.39 is 0 Å². The minimum Gasteiger partial charge on any atom is -0.493 e. The second-order valence-corrected chi connectivity index (χ2v) is 7.91. The average molecular weight is 457 g/mol. The monoisotopic (exact) mass is 456 g/mol. The largest absolute Gasteiger partial charge is 0.493 e. The third-order valence-corrected chi connectivity index (χ3v) is 5.58. The summed E-state index contributed by atoms with van der Waals surface area (Å²) >= 11 is 0. The topological polar surface area (TPSA) is 44.8 Å². The zero-order chi connectivity index (χ0) is 24.3. The molecule has 0 heterocycles. The van der Waals surface area contributed by atoms with Gasteiger partial charge in [-0.1, -0.05) is 86.2 Å². The molecule has 0 radical (unpaired) electrons. The van der Waals surface area contributed by atoms with Crippen LogP contribution < -0.4 is 14.2 Å². The van der Waals surface area contributed by atoms with Crippen LogP contribution in [-0.4, -0.2) is 27.1 Å². The molecule has 3 aromatic carbocycles. The van der Waals surface area contributed by atoms with Gasteiger partial charge in [0.15, 0.2) is 17.3 Å². The van der Waals surface area contributed by atoms with Crippen LogP contribution in [-0.2, 0) is 0 Å². The van der Waals surface area contributed by atoms with Crippen LogP contribution in [0.4, 0.5) is 0 Å². The fourth-order valence-corrected chi connectivity index (χ4v) is 3.61. The number of hydrogen-bond donors (Lipinski definition) is 0. The van der Waals surface area contributed by atoms with E-state index in [1.807, 2.05) is 48.6 Å². The molecule has 3 rings (SSSR count). The number of rotatable bonds is 11. The molecule has 0 aliphatic carbocycles. The Morgan fingerprint density at radius 3 is 1.71 bits per heavy atom. The number of carbonyl (C=O) groups is 1. The standard InChI is InChI=1S/C30H32O4/c1-5-6-7-27(31)25-17-14-24(15-18-25)13-10-22-8-11-23(12-9-22)16-19-26-20-21-28(32-2)30(34-4)29(26)33-3/h8-21H,5-7H2,1-4H3/b13-10+,19-16+. The van der Waals surface area contributed by atoms with Gasteiger partial charge in [0, 0.05) is 17.5 Å². The Morgan fingerprint density at radius 2 is 1.21 bits per heavy atom. The molecule has 0 aliphatic heterocycles. The lowest BCUT2D eigenvalue weighted by atomic mass is 10.0. The van der Waals surface area contributed by atoms with Crippen molar-refractivity contribution in [1.82, 2.24) is 0 Å². The first-order valence-electron chi connectivity index (χ1n) is 11.5. The maximum atomic E-state index is 12.1. The van der Waals surface area contributed by atoms with Gasteiger partial charge in [0.25, 0.3) is 0 Å². The van der Waals surface area contributed by atoms with E-state index in [1.165, 1.54) is 0 Å². The van der Waals surface area contributed by atoms with Gasteiger partial charge in [0.1, 0.15) is 0 Å². The smallest absolute Gasteiger partial charge is 0.203 e. The number of methoxy groups -OCH3 is 3. The molecule has 0 unspecified atom stereocenters. The van der Waals surface area contributed by atoms with E-state index in [9.17, 15) is 4.79 Å². The molecule has 0 amide bonds. The first-order valence-corrected chi connectivity index (χ1v) is 11.5. The average Bonchev–Trinajstić information content (AvgIpc) is 2.89. The third kappa shape index (κ3) is 6.38. The number of Topliss-reactive ketones (excluding diaryl/α,β-unsaturated/α-hetero) is 1. The Hall–Kier alpha value is -3.79. The molecule has 176 valence electrons. The van der Waals surface area contributed by atoms with Crippen LogP contribution in [0.25, 0.3) is 24.3 Å². The quantitative estimate of drug-likeness (QED) is 0.222. The van der Waals surface area contributed by atoms with E-state index in [-0.39, 0.29) is 5.78 Å².